The van der Waals surface area contributed by atoms with Crippen molar-refractivity contribution in [3.05, 3.63) is 22.4 Å². The van der Waals surface area contributed by atoms with Gasteiger partial charge in [0.05, 0.1) is 25.3 Å². The number of nitrogens with zero attached hydrogens (tertiary/aromatic N) is 3. The lowest BCUT2D eigenvalue weighted by Crippen LogP contribution is -2.44. The molecule has 1 aromatic rings. The zero-order valence-electron chi connectivity index (χ0n) is 13.9. The van der Waals surface area contributed by atoms with Gasteiger partial charge in [-0.05, 0) is 32.2 Å². The minimum Gasteiger partial charge on any atom is -0.376 e. The highest BCUT2D eigenvalue weighted by Gasteiger charge is 2.26. The molecule has 2 heterocycles. The number of ether oxygens (including phenoxy) is 1. The Bertz CT molecular complexity index is 459. The number of hydrogen-bond acceptors (Lipinski definition) is 4. The monoisotopic (exact) mass is 324 g/mol. The summed E-state index contributed by atoms with van der Waals surface area (Å²) in [6.45, 7) is 11.5. The van der Waals surface area contributed by atoms with Gasteiger partial charge in [0.25, 0.3) is 0 Å². The van der Waals surface area contributed by atoms with Crippen molar-refractivity contribution in [2.45, 2.75) is 32.9 Å². The molecule has 0 spiro atoms. The number of aliphatic imine (C=N–C) groups is 1. The zero-order chi connectivity index (χ0) is 15.9. The average molecular weight is 324 g/mol. The molecule has 124 valence electrons. The highest BCUT2D eigenvalue weighted by Crippen LogP contribution is 2.27. The molecule has 0 aliphatic carbocycles. The number of hydrogen-bond donors (Lipinski definition) is 1. The van der Waals surface area contributed by atoms with Crippen molar-refractivity contribution in [1.29, 1.82) is 0 Å². The number of guanidine groups is 1. The molecule has 0 amide bonds. The van der Waals surface area contributed by atoms with E-state index in [2.05, 4.69) is 53.1 Å². The number of thiophene rings is 1. The molecule has 1 aromatic heterocycles. The van der Waals surface area contributed by atoms with Gasteiger partial charge in [-0.3, -0.25) is 9.89 Å². The molecule has 6 heteroatoms. The maximum atomic E-state index is 6.13. The van der Waals surface area contributed by atoms with Crippen molar-refractivity contribution in [3.8, 4) is 0 Å². The second kappa shape index (κ2) is 8.50. The molecule has 5 nitrogen and oxygen atoms in total. The summed E-state index contributed by atoms with van der Waals surface area (Å²) in [5.74, 6) is 0.646. The van der Waals surface area contributed by atoms with Gasteiger partial charge >= 0.3 is 0 Å². The van der Waals surface area contributed by atoms with Crippen LogP contribution in [-0.2, 0) is 4.74 Å². The summed E-state index contributed by atoms with van der Waals surface area (Å²) in [4.78, 5) is 10.6. The predicted octanol–water partition coefficient (Wildman–Crippen LogP) is 2.17. The minimum absolute atomic E-state index is 0.278. The maximum absolute atomic E-state index is 6.13. The Balaban J connectivity index is 2.10. The molecular weight excluding hydrogens is 296 g/mol. The third-order valence-electron chi connectivity index (χ3n) is 4.10. The minimum atomic E-state index is 0.278. The van der Waals surface area contributed by atoms with E-state index in [0.717, 1.165) is 32.8 Å². The number of nitrogens with two attached hydrogens (primary N) is 1. The van der Waals surface area contributed by atoms with Crippen LogP contribution in [0.25, 0.3) is 0 Å². The van der Waals surface area contributed by atoms with Crippen molar-refractivity contribution >= 4 is 17.3 Å². The van der Waals surface area contributed by atoms with Gasteiger partial charge in [0.2, 0.25) is 0 Å². The number of morpholine rings is 1. The van der Waals surface area contributed by atoms with Crippen molar-refractivity contribution in [2.75, 3.05) is 39.3 Å². The lowest BCUT2D eigenvalue weighted by Gasteiger charge is -2.36. The van der Waals surface area contributed by atoms with Crippen LogP contribution in [0.1, 0.15) is 31.7 Å². The normalized spacial score (nSPS) is 21.8. The summed E-state index contributed by atoms with van der Waals surface area (Å²) < 4.78 is 5.67. The first kappa shape index (κ1) is 17.2. The van der Waals surface area contributed by atoms with Gasteiger partial charge in [0.1, 0.15) is 0 Å². The van der Waals surface area contributed by atoms with E-state index in [0.29, 0.717) is 18.5 Å². The highest BCUT2D eigenvalue weighted by molar-refractivity contribution is 7.10. The first-order chi connectivity index (χ1) is 10.7. The second-order valence-electron chi connectivity index (χ2n) is 5.58. The fourth-order valence-electron chi connectivity index (χ4n) is 2.82. The third-order valence-corrected chi connectivity index (χ3v) is 5.07. The molecular formula is C16H28N4OS. The largest absolute Gasteiger partial charge is 0.376 e. The molecule has 2 atom stereocenters. The van der Waals surface area contributed by atoms with Crippen LogP contribution in [-0.4, -0.2) is 61.2 Å². The van der Waals surface area contributed by atoms with E-state index in [1.165, 1.54) is 4.88 Å². The highest BCUT2D eigenvalue weighted by atomic mass is 32.1. The van der Waals surface area contributed by atoms with Gasteiger partial charge in [0.15, 0.2) is 5.96 Å². The lowest BCUT2D eigenvalue weighted by atomic mass is 10.1. The summed E-state index contributed by atoms with van der Waals surface area (Å²) >= 11 is 1.79. The van der Waals surface area contributed by atoms with Gasteiger partial charge in [-0.2, -0.15) is 0 Å². The fraction of sp³-hybridized carbons (Fsp3) is 0.688. The van der Waals surface area contributed by atoms with Gasteiger partial charge in [-0.25, -0.2) is 0 Å². The van der Waals surface area contributed by atoms with Crippen LogP contribution in [0.4, 0.5) is 0 Å². The molecule has 0 saturated carbocycles. The number of rotatable bonds is 6. The smallest absolute Gasteiger partial charge is 0.191 e. The van der Waals surface area contributed by atoms with Crippen molar-refractivity contribution in [1.82, 2.24) is 9.80 Å². The molecule has 1 saturated heterocycles. The summed E-state index contributed by atoms with van der Waals surface area (Å²) in [7, 11) is 0. The van der Waals surface area contributed by atoms with Crippen molar-refractivity contribution in [2.24, 2.45) is 10.7 Å². The molecule has 1 aliphatic rings. The Hall–Kier alpha value is -1.11. The van der Waals surface area contributed by atoms with Gasteiger partial charge in [-0.1, -0.05) is 6.07 Å². The second-order valence-corrected chi connectivity index (χ2v) is 6.56. The zero-order valence-corrected chi connectivity index (χ0v) is 14.7. The van der Waals surface area contributed by atoms with E-state index in [1.807, 2.05) is 0 Å². The Kier molecular flexibility index (Phi) is 6.67. The van der Waals surface area contributed by atoms with Crippen LogP contribution in [0, 0.1) is 0 Å². The van der Waals surface area contributed by atoms with Gasteiger partial charge < -0.3 is 15.4 Å². The Morgan fingerprint density at radius 2 is 2.32 bits per heavy atom. The lowest BCUT2D eigenvalue weighted by molar-refractivity contribution is -0.0327. The van der Waals surface area contributed by atoms with Gasteiger partial charge in [0, 0.05) is 31.1 Å². The Morgan fingerprint density at radius 3 is 2.91 bits per heavy atom. The SMILES string of the molecule is CCN(CC)C(N)=NCC(c1cccs1)N1CCOC(C)C1. The van der Waals surface area contributed by atoms with E-state index in [9.17, 15) is 0 Å². The van der Waals surface area contributed by atoms with E-state index in [-0.39, 0.29) is 6.10 Å². The Morgan fingerprint density at radius 1 is 1.55 bits per heavy atom. The van der Waals surface area contributed by atoms with Crippen molar-refractivity contribution in [3.63, 3.8) is 0 Å². The van der Waals surface area contributed by atoms with E-state index < -0.39 is 0 Å². The molecule has 2 unspecified atom stereocenters. The Labute approximate surface area is 137 Å². The van der Waals surface area contributed by atoms with E-state index in [4.69, 9.17) is 10.5 Å². The molecule has 1 fully saturated rings. The topological polar surface area (TPSA) is 54.1 Å². The van der Waals surface area contributed by atoms with Crippen LogP contribution in [0.15, 0.2) is 22.5 Å². The third kappa shape index (κ3) is 4.44. The summed E-state index contributed by atoms with van der Waals surface area (Å²) in [5, 5.41) is 2.13. The van der Waals surface area contributed by atoms with Crippen LogP contribution >= 0.6 is 11.3 Å². The molecule has 22 heavy (non-hydrogen) atoms. The fourth-order valence-corrected chi connectivity index (χ4v) is 3.67. The first-order valence-corrected chi connectivity index (χ1v) is 8.97. The summed E-state index contributed by atoms with van der Waals surface area (Å²) in [6.07, 6.45) is 0.278. The summed E-state index contributed by atoms with van der Waals surface area (Å²) in [6, 6.07) is 4.59. The van der Waals surface area contributed by atoms with Crippen LogP contribution in [0.2, 0.25) is 0 Å². The first-order valence-electron chi connectivity index (χ1n) is 8.09. The molecule has 0 radical (unpaired) electrons. The quantitative estimate of drug-likeness (QED) is 0.644. The van der Waals surface area contributed by atoms with E-state index in [1.54, 1.807) is 11.3 Å². The maximum Gasteiger partial charge on any atom is 0.191 e. The van der Waals surface area contributed by atoms with Crippen LogP contribution in [0.5, 0.6) is 0 Å². The molecule has 1 aliphatic heterocycles. The van der Waals surface area contributed by atoms with E-state index >= 15 is 0 Å². The molecule has 0 bridgehead atoms. The molecule has 2 N–H and O–H groups in total. The standard InChI is InChI=1S/C16H28N4OS/c1-4-19(5-2)16(17)18-11-14(15-7-6-10-22-15)20-8-9-21-13(3)12-20/h6-7,10,13-14H,4-5,8-9,11-12H2,1-3H3,(H2,17,18). The van der Waals surface area contributed by atoms with Crippen molar-refractivity contribution < 1.29 is 4.74 Å². The van der Waals surface area contributed by atoms with Crippen LogP contribution in [0.3, 0.4) is 0 Å². The van der Waals surface area contributed by atoms with Gasteiger partial charge in [-0.15, -0.1) is 11.3 Å². The molecule has 2 rings (SSSR count). The molecule has 0 aromatic carbocycles. The van der Waals surface area contributed by atoms with Crippen LogP contribution < -0.4 is 5.73 Å². The average Bonchev–Trinajstić information content (AvgIpc) is 3.03. The predicted molar refractivity (Wildman–Crippen MR) is 93.5 cm³/mol. The summed E-state index contributed by atoms with van der Waals surface area (Å²) in [5.41, 5.74) is 6.13.